The third kappa shape index (κ3) is 10.7. The average molecular weight is 780 g/mol. The summed E-state index contributed by atoms with van der Waals surface area (Å²) in [6.45, 7) is 5.40. The highest BCUT2D eigenvalue weighted by Crippen LogP contribution is 2.43. The summed E-state index contributed by atoms with van der Waals surface area (Å²) in [7, 11) is -4.00. The number of aliphatic hydroxyl groups excluding tert-OH is 1. The van der Waals surface area contributed by atoms with E-state index in [2.05, 4.69) is 22.3 Å². The van der Waals surface area contributed by atoms with Crippen molar-refractivity contribution in [2.75, 3.05) is 16.4 Å². The molecule has 0 spiro atoms. The molecule has 4 N–H and O–H groups in total. The minimum atomic E-state index is -4.00. The summed E-state index contributed by atoms with van der Waals surface area (Å²) in [5.74, 6) is -0.00903. The van der Waals surface area contributed by atoms with Gasteiger partial charge in [-0.25, -0.2) is 8.42 Å². The number of aliphatic hydroxyl groups is 1. The first-order valence-corrected chi connectivity index (χ1v) is 20.5. The van der Waals surface area contributed by atoms with Crippen LogP contribution in [0.1, 0.15) is 54.1 Å². The molecule has 10 nitrogen and oxygen atoms in total. The van der Waals surface area contributed by atoms with Gasteiger partial charge in [0, 0.05) is 40.4 Å². The standard InChI is InChI=1S/C43H45N3O7S2/c1-28-9-23-38(24-10-28)55(50,51)46-39(25-31-7-5-4-6-8-31)42(49)45-36-17-15-34(16-18-36)43-52-40(27-54-37-21-19-35(20-22-37)44-30(3)48)29(2)41(53-43)33-13-11-32(26-47)12-14-33/h4-24,29,39-41,43,46-47H,25-27H2,1-3H3,(H,44,48)(H,45,49)/t29-,39-,40+,41+,43+/m1/s1. The van der Waals surface area contributed by atoms with Crippen LogP contribution in [0.4, 0.5) is 11.4 Å². The van der Waals surface area contributed by atoms with E-state index in [-0.39, 0.29) is 42.0 Å². The summed E-state index contributed by atoms with van der Waals surface area (Å²) in [5.41, 5.74) is 5.46. The summed E-state index contributed by atoms with van der Waals surface area (Å²) in [6, 6.07) is 37.2. The molecule has 0 aromatic heterocycles. The molecule has 1 heterocycles. The Morgan fingerprint density at radius 3 is 2.02 bits per heavy atom. The quantitative estimate of drug-likeness (QED) is 0.0847. The third-order valence-electron chi connectivity index (χ3n) is 9.39. The Hall–Kier alpha value is -4.82. The van der Waals surface area contributed by atoms with Crippen LogP contribution >= 0.6 is 11.8 Å². The number of benzene rings is 5. The molecule has 0 saturated carbocycles. The zero-order valence-electron chi connectivity index (χ0n) is 30.8. The minimum Gasteiger partial charge on any atom is -0.392 e. The van der Waals surface area contributed by atoms with Gasteiger partial charge >= 0.3 is 0 Å². The second kappa shape index (κ2) is 18.2. The van der Waals surface area contributed by atoms with Crippen molar-refractivity contribution < 1.29 is 32.6 Å². The molecular weight excluding hydrogens is 735 g/mol. The predicted molar refractivity (Wildman–Crippen MR) is 215 cm³/mol. The van der Waals surface area contributed by atoms with Crippen molar-refractivity contribution in [3.63, 3.8) is 0 Å². The van der Waals surface area contributed by atoms with Gasteiger partial charge < -0.3 is 25.2 Å². The molecule has 0 aliphatic carbocycles. The Kier molecular flexibility index (Phi) is 13.2. The van der Waals surface area contributed by atoms with Crippen LogP contribution < -0.4 is 15.4 Å². The Labute approximate surface area is 326 Å². The Bertz CT molecular complexity index is 2150. The molecule has 5 aromatic rings. The number of hydrogen-bond acceptors (Lipinski definition) is 8. The number of carbonyl (C=O) groups excluding carboxylic acids is 2. The first-order chi connectivity index (χ1) is 26.5. The van der Waals surface area contributed by atoms with Crippen LogP contribution in [-0.2, 0) is 42.1 Å². The predicted octanol–water partition coefficient (Wildman–Crippen LogP) is 7.56. The molecule has 5 aromatic carbocycles. The summed E-state index contributed by atoms with van der Waals surface area (Å²) in [4.78, 5) is 26.3. The largest absolute Gasteiger partial charge is 0.392 e. The van der Waals surface area contributed by atoms with Crippen molar-refractivity contribution in [3.8, 4) is 0 Å². The lowest BCUT2D eigenvalue weighted by Gasteiger charge is -2.41. The normalized spacial score (nSPS) is 19.0. The number of hydrogen-bond donors (Lipinski definition) is 4. The topological polar surface area (TPSA) is 143 Å². The first kappa shape index (κ1) is 39.9. The third-order valence-corrected chi connectivity index (χ3v) is 12.0. The lowest BCUT2D eigenvalue weighted by Crippen LogP contribution is -2.45. The summed E-state index contributed by atoms with van der Waals surface area (Å²) >= 11 is 1.65. The van der Waals surface area contributed by atoms with Crippen molar-refractivity contribution in [1.82, 2.24) is 4.72 Å². The van der Waals surface area contributed by atoms with E-state index in [1.807, 2.05) is 97.9 Å². The number of carbonyl (C=O) groups is 2. The Morgan fingerprint density at radius 1 is 0.764 bits per heavy atom. The Balaban J connectivity index is 1.18. The first-order valence-electron chi connectivity index (χ1n) is 18.0. The van der Waals surface area contributed by atoms with Crippen molar-refractivity contribution in [2.45, 2.75) is 68.1 Å². The highest BCUT2D eigenvalue weighted by Gasteiger charge is 2.38. The number of thioether (sulfide) groups is 1. The van der Waals surface area contributed by atoms with E-state index in [4.69, 9.17) is 9.47 Å². The Morgan fingerprint density at radius 2 is 1.38 bits per heavy atom. The van der Waals surface area contributed by atoms with Crippen LogP contribution in [-0.4, -0.2) is 43.2 Å². The molecule has 0 radical (unpaired) electrons. The molecule has 5 atom stereocenters. The second-order valence-corrected chi connectivity index (χ2v) is 16.4. The lowest BCUT2D eigenvalue weighted by atomic mass is 9.91. The zero-order valence-corrected chi connectivity index (χ0v) is 32.5. The number of anilines is 2. The number of rotatable bonds is 14. The van der Waals surface area contributed by atoms with E-state index in [0.29, 0.717) is 11.4 Å². The fraction of sp³-hybridized carbons (Fsp3) is 0.256. The van der Waals surface area contributed by atoms with Gasteiger partial charge in [0.05, 0.1) is 23.7 Å². The van der Waals surface area contributed by atoms with Crippen LogP contribution in [0.5, 0.6) is 0 Å². The number of amides is 2. The smallest absolute Gasteiger partial charge is 0.242 e. The molecule has 2 amide bonds. The van der Waals surface area contributed by atoms with E-state index in [0.717, 1.165) is 38.4 Å². The zero-order chi connectivity index (χ0) is 39.0. The van der Waals surface area contributed by atoms with Crippen LogP contribution in [0, 0.1) is 12.8 Å². The molecule has 286 valence electrons. The molecule has 55 heavy (non-hydrogen) atoms. The second-order valence-electron chi connectivity index (χ2n) is 13.6. The van der Waals surface area contributed by atoms with E-state index >= 15 is 0 Å². The molecular formula is C43H45N3O7S2. The molecule has 0 unspecified atom stereocenters. The molecule has 1 aliphatic heterocycles. The summed E-state index contributed by atoms with van der Waals surface area (Å²) in [6.07, 6.45) is -1.08. The van der Waals surface area contributed by atoms with Gasteiger partial charge in [0.15, 0.2) is 6.29 Å². The summed E-state index contributed by atoms with van der Waals surface area (Å²) < 4.78 is 42.6. The number of nitrogens with one attached hydrogen (secondary N) is 3. The van der Waals surface area contributed by atoms with Crippen molar-refractivity contribution in [2.24, 2.45) is 5.92 Å². The van der Waals surface area contributed by atoms with Gasteiger partial charge in [-0.1, -0.05) is 91.3 Å². The number of aryl methyl sites for hydroxylation is 1. The fourth-order valence-corrected chi connectivity index (χ4v) is 8.55. The van der Waals surface area contributed by atoms with Crippen LogP contribution in [0.15, 0.2) is 137 Å². The van der Waals surface area contributed by atoms with E-state index in [1.54, 1.807) is 36.0 Å². The molecule has 12 heteroatoms. The van der Waals surface area contributed by atoms with Crippen molar-refractivity contribution >= 4 is 45.0 Å². The number of ether oxygens (including phenoxy) is 2. The fourth-order valence-electron chi connectivity index (χ4n) is 6.29. The lowest BCUT2D eigenvalue weighted by molar-refractivity contribution is -0.268. The molecule has 1 fully saturated rings. The van der Waals surface area contributed by atoms with Gasteiger partial charge in [0.25, 0.3) is 0 Å². The molecule has 0 bridgehead atoms. The minimum absolute atomic E-state index is 0.0221. The van der Waals surface area contributed by atoms with Gasteiger partial charge in [0.2, 0.25) is 21.8 Å². The van der Waals surface area contributed by atoms with Crippen LogP contribution in [0.25, 0.3) is 0 Å². The van der Waals surface area contributed by atoms with E-state index in [9.17, 15) is 23.1 Å². The average Bonchev–Trinajstić information content (AvgIpc) is 3.18. The van der Waals surface area contributed by atoms with Gasteiger partial charge in [-0.05, 0) is 78.6 Å². The van der Waals surface area contributed by atoms with E-state index < -0.39 is 28.3 Å². The van der Waals surface area contributed by atoms with Crippen molar-refractivity contribution in [1.29, 1.82) is 0 Å². The monoisotopic (exact) mass is 779 g/mol. The van der Waals surface area contributed by atoms with Crippen LogP contribution in [0.3, 0.4) is 0 Å². The molecule has 1 saturated heterocycles. The maximum absolute atomic E-state index is 13.7. The number of sulfonamides is 1. The van der Waals surface area contributed by atoms with Crippen LogP contribution in [0.2, 0.25) is 0 Å². The SMILES string of the molecule is CC(=O)Nc1ccc(SC[C@@H]2O[C@H](c3ccc(NC(=O)[C@@H](Cc4ccccc4)NS(=O)(=O)c4ccc(C)cc4)cc3)O[C@H](c3ccc(CO)cc3)[C@@H]2C)cc1. The molecule has 1 aliphatic rings. The maximum atomic E-state index is 13.7. The van der Waals surface area contributed by atoms with Gasteiger partial charge in [-0.2, -0.15) is 4.72 Å². The highest BCUT2D eigenvalue weighted by atomic mass is 32.2. The van der Waals surface area contributed by atoms with E-state index in [1.165, 1.54) is 19.1 Å². The highest BCUT2D eigenvalue weighted by molar-refractivity contribution is 7.99. The van der Waals surface area contributed by atoms with Gasteiger partial charge in [-0.15, -0.1) is 11.8 Å². The van der Waals surface area contributed by atoms with Gasteiger partial charge in [-0.3, -0.25) is 9.59 Å². The van der Waals surface area contributed by atoms with Crippen molar-refractivity contribution in [3.05, 3.63) is 155 Å². The summed E-state index contributed by atoms with van der Waals surface area (Å²) in [5, 5.41) is 15.3. The molecule has 6 rings (SSSR count). The maximum Gasteiger partial charge on any atom is 0.242 e. The van der Waals surface area contributed by atoms with Gasteiger partial charge in [0.1, 0.15) is 6.04 Å².